The van der Waals surface area contributed by atoms with Crippen LogP contribution in [0.1, 0.15) is 35.6 Å². The molecule has 1 unspecified atom stereocenters. The standard InChI is InChI=1S/C17H19ClN2O2S/c1-12-8-13(2)10-14(9-12)16-4-3-7-20(16)23(21,22)15-5-6-17(18)19-11-15/h5-6,8-11,16H,3-4,7H2,1-2H3. The Morgan fingerprint density at radius 3 is 2.48 bits per heavy atom. The van der Waals surface area contributed by atoms with Gasteiger partial charge in [-0.15, -0.1) is 0 Å². The minimum atomic E-state index is -3.57. The highest BCUT2D eigenvalue weighted by atomic mass is 35.5. The van der Waals surface area contributed by atoms with Gasteiger partial charge in [0.2, 0.25) is 10.0 Å². The van der Waals surface area contributed by atoms with Crippen LogP contribution in [0.4, 0.5) is 0 Å². The van der Waals surface area contributed by atoms with Crippen molar-refractivity contribution in [1.82, 2.24) is 9.29 Å². The van der Waals surface area contributed by atoms with E-state index in [2.05, 4.69) is 23.2 Å². The first-order chi connectivity index (χ1) is 10.9. The molecule has 1 saturated heterocycles. The highest BCUT2D eigenvalue weighted by molar-refractivity contribution is 7.89. The maximum Gasteiger partial charge on any atom is 0.245 e. The summed E-state index contributed by atoms with van der Waals surface area (Å²) in [6.07, 6.45) is 3.02. The molecule has 1 aliphatic rings. The van der Waals surface area contributed by atoms with E-state index in [9.17, 15) is 8.42 Å². The van der Waals surface area contributed by atoms with E-state index in [-0.39, 0.29) is 16.1 Å². The summed E-state index contributed by atoms with van der Waals surface area (Å²) in [6.45, 7) is 4.60. The summed E-state index contributed by atoms with van der Waals surface area (Å²) in [5.41, 5.74) is 3.36. The molecule has 1 atom stereocenters. The fourth-order valence-electron chi connectivity index (χ4n) is 3.21. The van der Waals surface area contributed by atoms with Gasteiger partial charge in [0.1, 0.15) is 10.0 Å². The zero-order chi connectivity index (χ0) is 16.6. The molecule has 1 fully saturated rings. The monoisotopic (exact) mass is 350 g/mol. The predicted molar refractivity (Wildman–Crippen MR) is 91.0 cm³/mol. The van der Waals surface area contributed by atoms with E-state index in [1.54, 1.807) is 4.31 Å². The van der Waals surface area contributed by atoms with Crippen LogP contribution in [0.5, 0.6) is 0 Å². The Hall–Kier alpha value is -1.43. The van der Waals surface area contributed by atoms with Gasteiger partial charge in [0.15, 0.2) is 0 Å². The maximum atomic E-state index is 12.9. The van der Waals surface area contributed by atoms with E-state index >= 15 is 0 Å². The molecule has 122 valence electrons. The van der Waals surface area contributed by atoms with Gasteiger partial charge in [-0.05, 0) is 44.4 Å². The molecule has 2 aromatic rings. The third-order valence-electron chi connectivity index (χ3n) is 4.14. The molecule has 6 heteroatoms. The van der Waals surface area contributed by atoms with Crippen molar-refractivity contribution in [2.24, 2.45) is 0 Å². The topological polar surface area (TPSA) is 50.3 Å². The van der Waals surface area contributed by atoms with Crippen LogP contribution in [-0.4, -0.2) is 24.3 Å². The number of aryl methyl sites for hydroxylation is 2. The SMILES string of the molecule is Cc1cc(C)cc(C2CCCN2S(=O)(=O)c2ccc(Cl)nc2)c1. The molecular weight excluding hydrogens is 332 g/mol. The van der Waals surface area contributed by atoms with Crippen molar-refractivity contribution in [3.8, 4) is 0 Å². The van der Waals surface area contributed by atoms with Gasteiger partial charge in [-0.25, -0.2) is 13.4 Å². The van der Waals surface area contributed by atoms with Gasteiger partial charge in [-0.2, -0.15) is 4.31 Å². The summed E-state index contributed by atoms with van der Waals surface area (Å²) in [5, 5.41) is 0.288. The third-order valence-corrected chi connectivity index (χ3v) is 6.25. The Kier molecular flexibility index (Phi) is 4.45. The molecule has 0 bridgehead atoms. The van der Waals surface area contributed by atoms with E-state index in [0.29, 0.717) is 6.54 Å². The van der Waals surface area contributed by atoms with Gasteiger partial charge < -0.3 is 0 Å². The summed E-state index contributed by atoms with van der Waals surface area (Å²) in [6, 6.07) is 9.16. The van der Waals surface area contributed by atoms with Crippen molar-refractivity contribution in [3.05, 3.63) is 58.4 Å². The van der Waals surface area contributed by atoms with Crippen molar-refractivity contribution in [1.29, 1.82) is 0 Å². The number of hydrogen-bond donors (Lipinski definition) is 0. The minimum Gasteiger partial charge on any atom is -0.243 e. The van der Waals surface area contributed by atoms with Gasteiger partial charge in [-0.1, -0.05) is 40.9 Å². The fourth-order valence-corrected chi connectivity index (χ4v) is 4.95. The average molecular weight is 351 g/mol. The van der Waals surface area contributed by atoms with E-state index in [1.165, 1.54) is 18.3 Å². The van der Waals surface area contributed by atoms with Crippen molar-refractivity contribution < 1.29 is 8.42 Å². The van der Waals surface area contributed by atoms with Crippen LogP contribution in [0.3, 0.4) is 0 Å². The molecule has 0 saturated carbocycles. The third kappa shape index (κ3) is 3.27. The number of pyridine rings is 1. The number of aromatic nitrogens is 1. The van der Waals surface area contributed by atoms with Gasteiger partial charge in [-0.3, -0.25) is 0 Å². The minimum absolute atomic E-state index is 0.116. The largest absolute Gasteiger partial charge is 0.245 e. The molecule has 0 radical (unpaired) electrons. The molecule has 0 aliphatic carbocycles. The molecule has 0 amide bonds. The van der Waals surface area contributed by atoms with Gasteiger partial charge in [0, 0.05) is 12.7 Å². The first-order valence-electron chi connectivity index (χ1n) is 7.59. The summed E-state index contributed by atoms with van der Waals surface area (Å²) < 4.78 is 27.5. The average Bonchev–Trinajstić information content (AvgIpc) is 2.97. The van der Waals surface area contributed by atoms with Crippen LogP contribution in [0.25, 0.3) is 0 Å². The Bertz CT molecular complexity index is 799. The molecule has 1 aromatic heterocycles. The molecule has 0 spiro atoms. The number of hydrogen-bond acceptors (Lipinski definition) is 3. The van der Waals surface area contributed by atoms with E-state index in [1.807, 2.05) is 13.8 Å². The lowest BCUT2D eigenvalue weighted by Crippen LogP contribution is -2.30. The Balaban J connectivity index is 1.99. The second-order valence-electron chi connectivity index (χ2n) is 6.01. The molecule has 4 nitrogen and oxygen atoms in total. The number of nitrogens with zero attached hydrogens (tertiary/aromatic N) is 2. The molecule has 3 rings (SSSR count). The Labute approximate surface area is 142 Å². The first-order valence-corrected chi connectivity index (χ1v) is 9.41. The van der Waals surface area contributed by atoms with Gasteiger partial charge >= 0.3 is 0 Å². The highest BCUT2D eigenvalue weighted by Crippen LogP contribution is 2.37. The molecule has 1 aromatic carbocycles. The van der Waals surface area contributed by atoms with Gasteiger partial charge in [0.05, 0.1) is 6.04 Å². The van der Waals surface area contributed by atoms with E-state index in [0.717, 1.165) is 29.5 Å². The predicted octanol–water partition coefficient (Wildman–Crippen LogP) is 3.88. The van der Waals surface area contributed by atoms with Crippen molar-refractivity contribution >= 4 is 21.6 Å². The molecule has 1 aliphatic heterocycles. The second-order valence-corrected chi connectivity index (χ2v) is 8.29. The Morgan fingerprint density at radius 1 is 1.17 bits per heavy atom. The fraction of sp³-hybridized carbons (Fsp3) is 0.353. The second kappa shape index (κ2) is 6.23. The summed E-state index contributed by atoms with van der Waals surface area (Å²) in [5.74, 6) is 0. The summed E-state index contributed by atoms with van der Waals surface area (Å²) >= 11 is 5.76. The normalized spacial score (nSPS) is 19.2. The van der Waals surface area contributed by atoms with Crippen LogP contribution < -0.4 is 0 Å². The van der Waals surface area contributed by atoms with Crippen molar-refractivity contribution in [3.63, 3.8) is 0 Å². The van der Waals surface area contributed by atoms with E-state index < -0.39 is 10.0 Å². The number of halogens is 1. The lowest BCUT2D eigenvalue weighted by Gasteiger charge is -2.25. The number of sulfonamides is 1. The molecule has 0 N–H and O–H groups in total. The Morgan fingerprint density at radius 2 is 1.87 bits per heavy atom. The van der Waals surface area contributed by atoms with Crippen LogP contribution in [0.2, 0.25) is 5.15 Å². The zero-order valence-corrected chi connectivity index (χ0v) is 14.7. The molecule has 2 heterocycles. The van der Waals surface area contributed by atoms with Crippen LogP contribution >= 0.6 is 11.6 Å². The number of benzene rings is 1. The van der Waals surface area contributed by atoms with Crippen molar-refractivity contribution in [2.75, 3.05) is 6.54 Å². The maximum absolute atomic E-state index is 12.9. The number of rotatable bonds is 3. The van der Waals surface area contributed by atoms with Crippen LogP contribution in [0, 0.1) is 13.8 Å². The van der Waals surface area contributed by atoms with Gasteiger partial charge in [0.25, 0.3) is 0 Å². The summed E-state index contributed by atoms with van der Waals surface area (Å²) in [7, 11) is -3.57. The molecular formula is C17H19ClN2O2S. The highest BCUT2D eigenvalue weighted by Gasteiger charge is 2.36. The first kappa shape index (κ1) is 16.4. The van der Waals surface area contributed by atoms with Crippen molar-refractivity contribution in [2.45, 2.75) is 37.6 Å². The summed E-state index contributed by atoms with van der Waals surface area (Å²) in [4.78, 5) is 4.10. The lowest BCUT2D eigenvalue weighted by atomic mass is 10.0. The van der Waals surface area contributed by atoms with Crippen LogP contribution in [0.15, 0.2) is 41.4 Å². The zero-order valence-electron chi connectivity index (χ0n) is 13.2. The quantitative estimate of drug-likeness (QED) is 0.789. The molecule has 23 heavy (non-hydrogen) atoms. The lowest BCUT2D eigenvalue weighted by molar-refractivity contribution is 0.396. The van der Waals surface area contributed by atoms with Crippen LogP contribution in [-0.2, 0) is 10.0 Å². The smallest absolute Gasteiger partial charge is 0.243 e. The van der Waals surface area contributed by atoms with E-state index in [4.69, 9.17) is 11.6 Å².